The van der Waals surface area contributed by atoms with Gasteiger partial charge in [0.05, 0.1) is 5.69 Å². The van der Waals surface area contributed by atoms with E-state index in [0.717, 1.165) is 63.8 Å². The maximum absolute atomic E-state index is 13.6. The fourth-order valence-electron chi connectivity index (χ4n) is 4.62. The summed E-state index contributed by atoms with van der Waals surface area (Å²) < 4.78 is 2.04. The molecule has 4 rings (SSSR count). The van der Waals surface area contributed by atoms with Crippen LogP contribution in [0.4, 0.5) is 0 Å². The Hall–Kier alpha value is -2.14. The third-order valence-electron chi connectivity index (χ3n) is 6.14. The molecule has 0 atom stereocenters. The molecule has 1 aromatic carbocycles. The van der Waals surface area contributed by atoms with E-state index in [1.165, 1.54) is 23.2 Å². The Balaban J connectivity index is 1.71. The van der Waals surface area contributed by atoms with E-state index in [9.17, 15) is 4.79 Å². The number of hydrogen-bond acceptors (Lipinski definition) is 3. The number of nitrogens with one attached hydrogen (secondary N) is 1. The molecule has 0 radical (unpaired) electrons. The Bertz CT molecular complexity index is 818. The van der Waals surface area contributed by atoms with Crippen LogP contribution in [0.5, 0.6) is 0 Å². The Kier molecular flexibility index (Phi) is 5.81. The van der Waals surface area contributed by atoms with E-state index >= 15 is 0 Å². The first-order valence-electron chi connectivity index (χ1n) is 10.9. The smallest absolute Gasteiger partial charge is 0.274 e. The maximum atomic E-state index is 13.6. The second kappa shape index (κ2) is 8.48. The summed E-state index contributed by atoms with van der Waals surface area (Å²) in [5, 5.41) is 8.31. The van der Waals surface area contributed by atoms with Crippen molar-refractivity contribution in [3.63, 3.8) is 0 Å². The SMILES string of the molecule is CCCN(C(=O)c1nn(-c2ccc(C)cc2)c2c1CCCC2)C1CCNCC1. The van der Waals surface area contributed by atoms with Gasteiger partial charge in [0.25, 0.3) is 5.91 Å². The van der Waals surface area contributed by atoms with Crippen molar-refractivity contribution in [2.75, 3.05) is 19.6 Å². The van der Waals surface area contributed by atoms with Gasteiger partial charge in [-0.05, 0) is 77.1 Å². The van der Waals surface area contributed by atoms with Crippen LogP contribution < -0.4 is 5.32 Å². The zero-order chi connectivity index (χ0) is 19.5. The van der Waals surface area contributed by atoms with E-state index in [0.29, 0.717) is 11.7 Å². The van der Waals surface area contributed by atoms with E-state index in [1.54, 1.807) is 0 Å². The average molecular weight is 381 g/mol. The zero-order valence-corrected chi connectivity index (χ0v) is 17.2. The summed E-state index contributed by atoms with van der Waals surface area (Å²) in [5.74, 6) is 0.137. The van der Waals surface area contributed by atoms with Gasteiger partial charge in [-0.2, -0.15) is 5.10 Å². The quantitative estimate of drug-likeness (QED) is 0.861. The summed E-state index contributed by atoms with van der Waals surface area (Å²) in [7, 11) is 0. The van der Waals surface area contributed by atoms with E-state index in [1.807, 2.05) is 4.68 Å². The normalized spacial score (nSPS) is 17.4. The number of fused-ring (bicyclic) bond motifs is 1. The topological polar surface area (TPSA) is 50.2 Å². The lowest BCUT2D eigenvalue weighted by Gasteiger charge is -2.34. The molecule has 2 aromatic rings. The summed E-state index contributed by atoms with van der Waals surface area (Å²) in [6.07, 6.45) is 7.34. The van der Waals surface area contributed by atoms with Crippen molar-refractivity contribution in [2.45, 2.75) is 64.8 Å². The predicted molar refractivity (Wildman–Crippen MR) is 112 cm³/mol. The molecule has 0 spiro atoms. The maximum Gasteiger partial charge on any atom is 0.274 e. The summed E-state index contributed by atoms with van der Waals surface area (Å²) >= 11 is 0. The molecule has 1 saturated heterocycles. The Morgan fingerprint density at radius 3 is 2.61 bits per heavy atom. The Morgan fingerprint density at radius 1 is 1.18 bits per heavy atom. The molecule has 1 N–H and O–H groups in total. The summed E-state index contributed by atoms with van der Waals surface area (Å²) in [6.45, 7) is 7.05. The highest BCUT2D eigenvalue weighted by atomic mass is 16.2. The summed E-state index contributed by atoms with van der Waals surface area (Å²) in [4.78, 5) is 15.7. The minimum atomic E-state index is 0.137. The highest BCUT2D eigenvalue weighted by Gasteiger charge is 2.31. The van der Waals surface area contributed by atoms with Gasteiger partial charge in [0.15, 0.2) is 5.69 Å². The van der Waals surface area contributed by atoms with Gasteiger partial charge in [-0.15, -0.1) is 0 Å². The number of amides is 1. The Labute approximate surface area is 168 Å². The highest BCUT2D eigenvalue weighted by Crippen LogP contribution is 2.29. The molecule has 0 saturated carbocycles. The molecule has 5 nitrogen and oxygen atoms in total. The van der Waals surface area contributed by atoms with Crippen molar-refractivity contribution in [2.24, 2.45) is 0 Å². The van der Waals surface area contributed by atoms with Gasteiger partial charge in [-0.25, -0.2) is 4.68 Å². The van der Waals surface area contributed by atoms with Gasteiger partial charge in [-0.1, -0.05) is 24.6 Å². The van der Waals surface area contributed by atoms with Crippen LogP contribution in [0.25, 0.3) is 5.69 Å². The molecule has 1 amide bonds. The number of nitrogens with zero attached hydrogens (tertiary/aromatic N) is 3. The lowest BCUT2D eigenvalue weighted by atomic mass is 9.94. The molecule has 5 heteroatoms. The van der Waals surface area contributed by atoms with Gasteiger partial charge < -0.3 is 10.2 Å². The number of benzene rings is 1. The van der Waals surface area contributed by atoms with Crippen LogP contribution in [0.3, 0.4) is 0 Å². The number of piperidine rings is 1. The van der Waals surface area contributed by atoms with Crippen LogP contribution in [-0.2, 0) is 12.8 Å². The molecule has 150 valence electrons. The van der Waals surface area contributed by atoms with Gasteiger partial charge in [-0.3, -0.25) is 4.79 Å². The van der Waals surface area contributed by atoms with Crippen molar-refractivity contribution >= 4 is 5.91 Å². The first-order chi connectivity index (χ1) is 13.7. The molecule has 1 aliphatic carbocycles. The minimum absolute atomic E-state index is 0.137. The van der Waals surface area contributed by atoms with Crippen LogP contribution in [0.2, 0.25) is 0 Å². The lowest BCUT2D eigenvalue weighted by Crippen LogP contribution is -2.46. The van der Waals surface area contributed by atoms with E-state index in [2.05, 4.69) is 48.3 Å². The second-order valence-electron chi connectivity index (χ2n) is 8.21. The number of aromatic nitrogens is 2. The number of aryl methyl sites for hydroxylation is 1. The van der Waals surface area contributed by atoms with Crippen LogP contribution in [0.15, 0.2) is 24.3 Å². The minimum Gasteiger partial charge on any atom is -0.334 e. The first-order valence-corrected chi connectivity index (χ1v) is 10.9. The lowest BCUT2D eigenvalue weighted by molar-refractivity contribution is 0.0635. The van der Waals surface area contributed by atoms with Gasteiger partial charge >= 0.3 is 0 Å². The molecular weight excluding hydrogens is 348 g/mol. The Morgan fingerprint density at radius 2 is 1.89 bits per heavy atom. The molecular formula is C23H32N4O. The first kappa shape index (κ1) is 19.2. The summed E-state index contributed by atoms with van der Waals surface area (Å²) in [5.41, 5.74) is 5.42. The van der Waals surface area contributed by atoms with E-state index in [4.69, 9.17) is 5.10 Å². The van der Waals surface area contributed by atoms with Crippen molar-refractivity contribution in [3.05, 3.63) is 46.8 Å². The van der Waals surface area contributed by atoms with E-state index < -0.39 is 0 Å². The third kappa shape index (κ3) is 3.72. The monoisotopic (exact) mass is 380 g/mol. The van der Waals surface area contributed by atoms with E-state index in [-0.39, 0.29) is 5.91 Å². The van der Waals surface area contributed by atoms with Gasteiger partial charge in [0.1, 0.15) is 0 Å². The van der Waals surface area contributed by atoms with Crippen LogP contribution in [-0.4, -0.2) is 46.3 Å². The third-order valence-corrected chi connectivity index (χ3v) is 6.14. The molecule has 1 aliphatic heterocycles. The standard InChI is InChI=1S/C23H32N4O/c1-3-16-26(18-12-14-24-15-13-18)23(28)22-20-6-4-5-7-21(20)27(25-22)19-10-8-17(2)9-11-19/h8-11,18,24H,3-7,12-16H2,1-2H3. The van der Waals surface area contributed by atoms with Gasteiger partial charge in [0.2, 0.25) is 0 Å². The fraction of sp³-hybridized carbons (Fsp3) is 0.565. The van der Waals surface area contributed by atoms with Crippen molar-refractivity contribution in [1.82, 2.24) is 20.0 Å². The highest BCUT2D eigenvalue weighted by molar-refractivity contribution is 5.94. The average Bonchev–Trinajstić information content (AvgIpc) is 3.12. The molecule has 0 unspecified atom stereocenters. The molecule has 2 heterocycles. The number of rotatable bonds is 5. The second-order valence-corrected chi connectivity index (χ2v) is 8.21. The van der Waals surface area contributed by atoms with Crippen LogP contribution in [0.1, 0.15) is 66.3 Å². The molecule has 2 aliphatic rings. The van der Waals surface area contributed by atoms with Crippen LogP contribution >= 0.6 is 0 Å². The van der Waals surface area contributed by atoms with Gasteiger partial charge in [0, 0.05) is 23.8 Å². The number of hydrogen-bond donors (Lipinski definition) is 1. The molecule has 1 fully saturated rings. The van der Waals surface area contributed by atoms with Crippen molar-refractivity contribution in [3.8, 4) is 5.69 Å². The number of carbonyl (C=O) groups excluding carboxylic acids is 1. The number of carbonyl (C=O) groups is 1. The molecule has 28 heavy (non-hydrogen) atoms. The largest absolute Gasteiger partial charge is 0.334 e. The van der Waals surface area contributed by atoms with Crippen molar-refractivity contribution < 1.29 is 4.79 Å². The van der Waals surface area contributed by atoms with Crippen LogP contribution in [0, 0.1) is 6.92 Å². The molecule has 1 aromatic heterocycles. The molecule has 0 bridgehead atoms. The zero-order valence-electron chi connectivity index (χ0n) is 17.2. The fourth-order valence-corrected chi connectivity index (χ4v) is 4.62. The predicted octanol–water partition coefficient (Wildman–Crippen LogP) is 3.66. The van der Waals surface area contributed by atoms with Crippen molar-refractivity contribution in [1.29, 1.82) is 0 Å². The summed E-state index contributed by atoms with van der Waals surface area (Å²) in [6, 6.07) is 8.79.